The minimum atomic E-state index is -4.67. The van der Waals surface area contributed by atoms with Gasteiger partial charge in [0.2, 0.25) is 0 Å². The van der Waals surface area contributed by atoms with Crippen molar-refractivity contribution in [1.82, 2.24) is 15.1 Å². The summed E-state index contributed by atoms with van der Waals surface area (Å²) < 4.78 is 55.3. The van der Waals surface area contributed by atoms with Crippen molar-refractivity contribution in [2.24, 2.45) is 0 Å². The molecule has 0 saturated carbocycles. The summed E-state index contributed by atoms with van der Waals surface area (Å²) in [4.78, 5) is 28.4. The lowest BCUT2D eigenvalue weighted by atomic mass is 9.81. The summed E-state index contributed by atoms with van der Waals surface area (Å²) >= 11 is 0. The molecule has 1 aliphatic heterocycles. The number of nitriles is 1. The topological polar surface area (TPSA) is 91.0 Å². The van der Waals surface area contributed by atoms with Crippen molar-refractivity contribution in [3.63, 3.8) is 0 Å². The predicted molar refractivity (Wildman–Crippen MR) is 137 cm³/mol. The highest BCUT2D eigenvalue weighted by Gasteiger charge is 2.46. The molecule has 3 aromatic carbocycles. The molecule has 202 valence electrons. The lowest BCUT2D eigenvalue weighted by Crippen LogP contribution is -2.55. The van der Waals surface area contributed by atoms with Crippen LogP contribution in [-0.2, 0) is 11.0 Å². The molecule has 2 atom stereocenters. The van der Waals surface area contributed by atoms with Crippen molar-refractivity contribution in [1.29, 1.82) is 5.26 Å². The molecule has 2 amide bonds. The van der Waals surface area contributed by atoms with Crippen LogP contribution in [0.2, 0.25) is 0 Å². The maximum atomic E-state index is 14.0. The number of halogens is 4. The standard InChI is InChI=1S/C29H21F4N5O2/c1-17-23-24(18-10-12-21(30)13-11-18)25(35-26(39)19-6-5-7-20(16-19)29(31,32)33)28(40)37(15-14-34)27(23)38(36-17)22-8-3-2-4-9-22/h2-13,16,24-25H,15H2,1H3,(H,35,39). The summed E-state index contributed by atoms with van der Waals surface area (Å²) in [5, 5.41) is 16.8. The van der Waals surface area contributed by atoms with Gasteiger partial charge in [0.15, 0.2) is 0 Å². The van der Waals surface area contributed by atoms with Crippen molar-refractivity contribution in [3.05, 3.63) is 113 Å². The molecule has 7 nitrogen and oxygen atoms in total. The Morgan fingerprint density at radius 2 is 1.75 bits per heavy atom. The lowest BCUT2D eigenvalue weighted by molar-refractivity contribution is -0.137. The van der Waals surface area contributed by atoms with Crippen molar-refractivity contribution < 1.29 is 27.2 Å². The van der Waals surface area contributed by atoms with E-state index >= 15 is 0 Å². The van der Waals surface area contributed by atoms with E-state index in [0.717, 1.165) is 12.1 Å². The van der Waals surface area contributed by atoms with Gasteiger partial charge in [0.05, 0.1) is 23.0 Å². The van der Waals surface area contributed by atoms with Crippen molar-refractivity contribution in [2.75, 3.05) is 11.4 Å². The molecule has 0 aliphatic carbocycles. The first kappa shape index (κ1) is 26.6. The Kier molecular flexibility index (Phi) is 6.85. The van der Waals surface area contributed by atoms with Gasteiger partial charge in [-0.25, -0.2) is 9.07 Å². The molecule has 0 saturated heterocycles. The van der Waals surface area contributed by atoms with E-state index in [4.69, 9.17) is 0 Å². The minimum Gasteiger partial charge on any atom is -0.339 e. The number of aromatic nitrogens is 2. The highest BCUT2D eigenvalue weighted by atomic mass is 19.4. The number of anilines is 1. The van der Waals surface area contributed by atoms with Gasteiger partial charge in [-0.1, -0.05) is 36.4 Å². The van der Waals surface area contributed by atoms with Gasteiger partial charge < -0.3 is 5.32 Å². The summed E-state index contributed by atoms with van der Waals surface area (Å²) in [5.74, 6) is -2.66. The number of para-hydroxylation sites is 1. The summed E-state index contributed by atoms with van der Waals surface area (Å²) in [5.41, 5.74) is 0.777. The molecule has 1 N–H and O–H groups in total. The molecule has 0 spiro atoms. The highest BCUT2D eigenvalue weighted by molar-refractivity contribution is 6.05. The number of hydrogen-bond donors (Lipinski definition) is 1. The maximum Gasteiger partial charge on any atom is 0.416 e. The van der Waals surface area contributed by atoms with Crippen LogP contribution in [0.4, 0.5) is 23.4 Å². The fraction of sp³-hybridized carbons (Fsp3) is 0.172. The molecule has 0 radical (unpaired) electrons. The fourth-order valence-electron chi connectivity index (χ4n) is 4.94. The van der Waals surface area contributed by atoms with Crippen LogP contribution in [0, 0.1) is 24.1 Å². The molecular weight excluding hydrogens is 526 g/mol. The Morgan fingerprint density at radius 3 is 2.40 bits per heavy atom. The Balaban J connectivity index is 1.67. The number of aryl methyl sites for hydroxylation is 1. The second-order valence-corrected chi connectivity index (χ2v) is 9.21. The van der Waals surface area contributed by atoms with E-state index in [1.807, 2.05) is 12.1 Å². The molecule has 1 aliphatic rings. The second-order valence-electron chi connectivity index (χ2n) is 9.21. The average molecular weight is 548 g/mol. The van der Waals surface area contributed by atoms with Crippen LogP contribution in [0.25, 0.3) is 5.69 Å². The zero-order chi connectivity index (χ0) is 28.6. The minimum absolute atomic E-state index is 0.296. The fourth-order valence-corrected chi connectivity index (χ4v) is 4.94. The zero-order valence-corrected chi connectivity index (χ0v) is 21.0. The number of alkyl halides is 3. The lowest BCUT2D eigenvalue weighted by Gasteiger charge is -2.38. The monoisotopic (exact) mass is 547 g/mol. The molecule has 4 aromatic rings. The number of nitrogens with one attached hydrogen (secondary N) is 1. The Bertz CT molecular complexity index is 1630. The van der Waals surface area contributed by atoms with Crippen molar-refractivity contribution >= 4 is 17.6 Å². The van der Waals surface area contributed by atoms with E-state index in [-0.39, 0.29) is 12.1 Å². The van der Waals surface area contributed by atoms with E-state index in [9.17, 15) is 32.4 Å². The molecule has 2 heterocycles. The van der Waals surface area contributed by atoms with Crippen molar-refractivity contribution in [3.8, 4) is 11.8 Å². The third-order valence-corrected chi connectivity index (χ3v) is 6.71. The third kappa shape index (κ3) is 4.80. The van der Waals surface area contributed by atoms with E-state index in [1.165, 1.54) is 39.9 Å². The van der Waals surface area contributed by atoms with Gasteiger partial charge in [-0.15, -0.1) is 0 Å². The summed E-state index contributed by atoms with van der Waals surface area (Å²) in [6, 6.07) is 18.8. The number of carbonyl (C=O) groups excluding carboxylic acids is 2. The maximum absolute atomic E-state index is 14.0. The average Bonchev–Trinajstić information content (AvgIpc) is 3.28. The number of benzene rings is 3. The van der Waals surface area contributed by atoms with E-state index in [2.05, 4.69) is 10.4 Å². The largest absolute Gasteiger partial charge is 0.416 e. The first-order valence-electron chi connectivity index (χ1n) is 12.2. The van der Waals surface area contributed by atoms with Gasteiger partial charge >= 0.3 is 6.18 Å². The molecule has 0 fully saturated rings. The Labute approximate surface area is 226 Å². The predicted octanol–water partition coefficient (Wildman–Crippen LogP) is 5.14. The first-order chi connectivity index (χ1) is 19.1. The molecule has 0 bridgehead atoms. The van der Waals surface area contributed by atoms with E-state index < -0.39 is 41.3 Å². The number of rotatable bonds is 5. The van der Waals surface area contributed by atoms with Crippen LogP contribution >= 0.6 is 0 Å². The number of fused-ring (bicyclic) bond motifs is 1. The summed E-state index contributed by atoms with van der Waals surface area (Å²) in [6.45, 7) is 1.33. The normalized spacial score (nSPS) is 16.8. The van der Waals surface area contributed by atoms with Crippen molar-refractivity contribution in [2.45, 2.75) is 25.1 Å². The van der Waals surface area contributed by atoms with Gasteiger partial charge in [-0.3, -0.25) is 14.5 Å². The zero-order valence-electron chi connectivity index (χ0n) is 21.0. The van der Waals surface area contributed by atoms with E-state index in [0.29, 0.717) is 34.4 Å². The molecule has 5 rings (SSSR count). The quantitative estimate of drug-likeness (QED) is 0.277. The van der Waals surface area contributed by atoms with Crippen LogP contribution in [-0.4, -0.2) is 34.2 Å². The molecular formula is C29H21F4N5O2. The number of hydrogen-bond acceptors (Lipinski definition) is 4. The van der Waals surface area contributed by atoms with Crippen LogP contribution in [0.5, 0.6) is 0 Å². The number of amides is 2. The Hall–Kier alpha value is -4.98. The smallest absolute Gasteiger partial charge is 0.339 e. The van der Waals surface area contributed by atoms with Gasteiger partial charge in [0.1, 0.15) is 24.2 Å². The van der Waals surface area contributed by atoms with Crippen LogP contribution in [0.15, 0.2) is 78.9 Å². The molecule has 11 heteroatoms. The molecule has 40 heavy (non-hydrogen) atoms. The third-order valence-electron chi connectivity index (χ3n) is 6.71. The number of carbonyl (C=O) groups is 2. The van der Waals surface area contributed by atoms with Crippen LogP contribution in [0.3, 0.4) is 0 Å². The van der Waals surface area contributed by atoms with Gasteiger partial charge in [-0.2, -0.15) is 23.5 Å². The van der Waals surface area contributed by atoms with Crippen LogP contribution < -0.4 is 10.2 Å². The van der Waals surface area contributed by atoms with Gasteiger partial charge in [0.25, 0.3) is 11.8 Å². The summed E-state index contributed by atoms with van der Waals surface area (Å²) in [6.07, 6.45) is -4.67. The van der Waals surface area contributed by atoms with Gasteiger partial charge in [-0.05, 0) is 55.0 Å². The molecule has 2 unspecified atom stereocenters. The van der Waals surface area contributed by atoms with Crippen LogP contribution in [0.1, 0.15) is 38.7 Å². The molecule has 1 aromatic heterocycles. The van der Waals surface area contributed by atoms with Gasteiger partial charge in [0, 0.05) is 17.0 Å². The van der Waals surface area contributed by atoms with E-state index in [1.54, 1.807) is 31.2 Å². The number of nitrogens with zero attached hydrogens (tertiary/aromatic N) is 4. The highest BCUT2D eigenvalue weighted by Crippen LogP contribution is 2.43. The SMILES string of the molecule is Cc1nn(-c2ccccc2)c2c1C(c1ccc(F)cc1)C(NC(=O)c1cccc(C(F)(F)F)c1)C(=O)N2CC#N. The second kappa shape index (κ2) is 10.3. The first-order valence-corrected chi connectivity index (χ1v) is 12.2. The Morgan fingerprint density at radius 1 is 1.05 bits per heavy atom. The summed E-state index contributed by atoms with van der Waals surface area (Å²) in [7, 11) is 0.